The molecule has 0 amide bonds. The molecule has 0 spiro atoms. The Kier molecular flexibility index (Phi) is 148. The number of halogens is 3. The van der Waals surface area contributed by atoms with Crippen LogP contribution >= 0.6 is 34.8 Å². The Morgan fingerprint density at radius 1 is 0.481 bits per heavy atom. The van der Waals surface area contributed by atoms with Crippen molar-refractivity contribution in [3.05, 3.63) is 12.7 Å². The third kappa shape index (κ3) is 188. The van der Waals surface area contributed by atoms with Crippen molar-refractivity contribution in [1.29, 1.82) is 0 Å². The molecule has 498 valence electrons. The second-order valence-corrected chi connectivity index (χ2v) is 21.0. The van der Waals surface area contributed by atoms with Crippen molar-refractivity contribution in [2.45, 2.75) is 254 Å². The lowest BCUT2D eigenvalue weighted by molar-refractivity contribution is 0.000362. The maximum atomic E-state index is 6.32. The lowest BCUT2D eigenvalue weighted by Crippen LogP contribution is -2.55. The van der Waals surface area contributed by atoms with Crippen LogP contribution in [0.15, 0.2) is 12.7 Å². The van der Waals surface area contributed by atoms with E-state index in [1.807, 2.05) is 76.2 Å². The molecule has 0 aromatic rings. The molecule has 7 aliphatic rings. The van der Waals surface area contributed by atoms with Gasteiger partial charge in [0.2, 0.25) is 0 Å². The predicted octanol–water partition coefficient (Wildman–Crippen LogP) is 6.30. The molecule has 7 saturated carbocycles. The van der Waals surface area contributed by atoms with Gasteiger partial charge in [-0.05, 0) is 194 Å². The van der Waals surface area contributed by atoms with Crippen molar-refractivity contribution in [2.24, 2.45) is 127 Å². The van der Waals surface area contributed by atoms with Crippen molar-refractivity contribution in [2.75, 3.05) is 84.0 Å². The Labute approximate surface area is 509 Å². The van der Waals surface area contributed by atoms with E-state index >= 15 is 0 Å². The molecule has 0 aliphatic heterocycles. The third-order valence-corrected chi connectivity index (χ3v) is 8.77. The number of alkyl halides is 3. The van der Waals surface area contributed by atoms with Crippen LogP contribution in [-0.4, -0.2) is 119 Å². The van der Waals surface area contributed by atoms with E-state index in [9.17, 15) is 0 Å². The molecule has 0 atom stereocenters. The SMILES string of the molecule is C=CCN.CC(C)(C)N.CC(C)N.CCCCN.CCCN.CCN.CCN.CCN.CCN.CCN.CCN.CN.NC12CC3CC(CC(C3)C1)C2.NC1CC1.NC1CCCC1.NC1CCCCC1.NCCl.NCCl.NCCl. The molecular formula is C57H154Cl3N19. The molecule has 0 unspecified atom stereocenters. The lowest BCUT2D eigenvalue weighted by atomic mass is 9.53. The van der Waals surface area contributed by atoms with Gasteiger partial charge in [0.05, 0.1) is 18.0 Å². The average Bonchev–Trinajstić information content (AvgIpc) is 3.99. The lowest BCUT2D eigenvalue weighted by Gasteiger charge is -2.55. The van der Waals surface area contributed by atoms with Crippen LogP contribution in [0, 0.1) is 17.8 Å². The van der Waals surface area contributed by atoms with E-state index in [0.717, 1.165) is 76.5 Å². The first-order valence-corrected chi connectivity index (χ1v) is 31.6. The highest BCUT2D eigenvalue weighted by molar-refractivity contribution is 6.17. The highest BCUT2D eigenvalue weighted by Crippen LogP contribution is 2.54. The molecule has 0 saturated heterocycles. The maximum Gasteiger partial charge on any atom is 0.0688 e. The highest BCUT2D eigenvalue weighted by atomic mass is 35.5. The quantitative estimate of drug-likeness (QED) is 0.0833. The fourth-order valence-electron chi connectivity index (χ4n) is 6.57. The molecule has 0 radical (unpaired) electrons. The zero-order valence-corrected chi connectivity index (χ0v) is 57.3. The molecule has 19 nitrogen and oxygen atoms in total. The molecule has 7 fully saturated rings. The highest BCUT2D eigenvalue weighted by Gasteiger charge is 2.48. The van der Waals surface area contributed by atoms with E-state index in [4.69, 9.17) is 121 Å². The number of rotatable bonds is 4. The summed E-state index contributed by atoms with van der Waals surface area (Å²) < 4.78 is 0. The minimum Gasteiger partial charge on any atom is -0.333 e. The van der Waals surface area contributed by atoms with Crippen LogP contribution < -0.4 is 109 Å². The normalized spacial score (nSPS) is 18.5. The summed E-state index contributed by atoms with van der Waals surface area (Å²) in [6.07, 6.45) is 28.1. The first kappa shape index (κ1) is 110. The molecule has 7 rings (SSSR count). The summed E-state index contributed by atoms with van der Waals surface area (Å²) in [7, 11) is 1.50. The van der Waals surface area contributed by atoms with E-state index in [1.165, 1.54) is 129 Å². The van der Waals surface area contributed by atoms with E-state index < -0.39 is 0 Å². The second-order valence-electron chi connectivity index (χ2n) is 20.0. The van der Waals surface area contributed by atoms with Gasteiger partial charge in [0.1, 0.15) is 0 Å². The summed E-state index contributed by atoms with van der Waals surface area (Å²) in [6.45, 7) is 35.5. The van der Waals surface area contributed by atoms with Gasteiger partial charge >= 0.3 is 0 Å². The Bertz CT molecular complexity index is 798. The summed E-state index contributed by atoms with van der Waals surface area (Å²) in [5.74, 6) is 3.06. The number of hydrogen-bond acceptors (Lipinski definition) is 19. The Morgan fingerprint density at radius 3 is 0.722 bits per heavy atom. The maximum absolute atomic E-state index is 6.32. The number of unbranched alkanes of at least 4 members (excludes halogenated alkanes) is 1. The fraction of sp³-hybridized carbons (Fsp3) is 0.965. The van der Waals surface area contributed by atoms with Gasteiger partial charge in [0.15, 0.2) is 0 Å². The van der Waals surface area contributed by atoms with Gasteiger partial charge in [-0.1, -0.05) is 114 Å². The summed E-state index contributed by atoms with van der Waals surface area (Å²) in [6, 6.07) is 2.67. The van der Waals surface area contributed by atoms with Crippen LogP contribution in [0.2, 0.25) is 0 Å². The average molecular weight is 1210 g/mol. The number of nitrogens with two attached hydrogens (primary N) is 19. The van der Waals surface area contributed by atoms with E-state index in [2.05, 4.69) is 43.4 Å². The van der Waals surface area contributed by atoms with Crippen molar-refractivity contribution >= 4 is 34.8 Å². The molecule has 79 heavy (non-hydrogen) atoms. The zero-order chi connectivity index (χ0) is 65.4. The first-order valence-electron chi connectivity index (χ1n) is 30.0. The topological polar surface area (TPSA) is 494 Å². The smallest absolute Gasteiger partial charge is 0.0688 e. The standard InChI is InChI=1S/C10H17N.C6H13N.C5H11N.2C4H11N.C3H7N.2C3H9N.C3H7N.6C2H7N.3CH4ClN.CH5N/c11-10-4-7-1-8(5-10)3-9(2-7)6-10;7-6-4-2-1-3-5-6;6-5-3-1-2-4-5;1-4(2,3)5;1-2-3-4-5;4-3-1-2-3;1-3(2)4;2*1-2-3-4;6*1-2-3;3*2-1-3;1-2/h7-9H,1-6,11H2;6H,1-5,7H2;5H,1-4,6H2;5H2,1-3H3;2-5H2,1H3;3H,1-2,4H2;3H,4H2,1-2H3;2-4H2,1H3;2H,1,3-4H2;6*2-3H2,1H3;3*1,3H2;2H2,1H3. The molecule has 4 bridgehead atoms. The molecule has 38 N–H and O–H groups in total. The molecule has 7 aliphatic carbocycles. The number of hydrogen-bond donors (Lipinski definition) is 19. The molecular weight excluding hydrogens is 1060 g/mol. The van der Waals surface area contributed by atoms with E-state index in [1.54, 1.807) is 6.08 Å². The van der Waals surface area contributed by atoms with Crippen molar-refractivity contribution < 1.29 is 0 Å². The van der Waals surface area contributed by atoms with E-state index in [-0.39, 0.29) is 23.6 Å². The Balaban J connectivity index is -0.0000000541. The van der Waals surface area contributed by atoms with Gasteiger partial charge in [-0.15, -0.1) is 41.4 Å². The largest absolute Gasteiger partial charge is 0.333 e. The van der Waals surface area contributed by atoms with Gasteiger partial charge in [0.25, 0.3) is 0 Å². The van der Waals surface area contributed by atoms with Crippen molar-refractivity contribution in [3.8, 4) is 0 Å². The van der Waals surface area contributed by atoms with Crippen LogP contribution in [0.1, 0.15) is 218 Å². The fourth-order valence-corrected chi connectivity index (χ4v) is 6.57. The van der Waals surface area contributed by atoms with Crippen LogP contribution in [0.5, 0.6) is 0 Å². The molecule has 0 aromatic carbocycles. The summed E-state index contributed by atoms with van der Waals surface area (Å²) in [5, 5.41) is 0. The summed E-state index contributed by atoms with van der Waals surface area (Å²) in [4.78, 5) is 0. The Hall–Kier alpha value is -0.150. The minimum atomic E-state index is 0. The van der Waals surface area contributed by atoms with Crippen molar-refractivity contribution in [3.63, 3.8) is 0 Å². The molecule has 0 aromatic heterocycles. The van der Waals surface area contributed by atoms with E-state index in [0.29, 0.717) is 36.3 Å². The third-order valence-electron chi connectivity index (χ3n) is 8.77. The summed E-state index contributed by atoms with van der Waals surface area (Å²) in [5.41, 5.74) is 96.0. The van der Waals surface area contributed by atoms with Gasteiger partial charge in [-0.2, -0.15) is 0 Å². The van der Waals surface area contributed by atoms with Crippen LogP contribution in [0.3, 0.4) is 0 Å². The molecule has 0 heterocycles. The van der Waals surface area contributed by atoms with Gasteiger partial charge < -0.3 is 109 Å². The Morgan fingerprint density at radius 2 is 0.646 bits per heavy atom. The van der Waals surface area contributed by atoms with Gasteiger partial charge in [0, 0.05) is 35.7 Å². The predicted molar refractivity (Wildman–Crippen MR) is 369 cm³/mol. The first-order chi connectivity index (χ1) is 37.1. The van der Waals surface area contributed by atoms with Gasteiger partial charge in [-0.25, -0.2) is 0 Å². The van der Waals surface area contributed by atoms with Crippen molar-refractivity contribution in [1.82, 2.24) is 0 Å². The van der Waals surface area contributed by atoms with Crippen LogP contribution in [0.4, 0.5) is 0 Å². The second kappa shape index (κ2) is 106. The minimum absolute atomic E-state index is 0. The zero-order valence-electron chi connectivity index (χ0n) is 55.1. The monoisotopic (exact) mass is 1210 g/mol. The van der Waals surface area contributed by atoms with Gasteiger partial charge in [-0.3, -0.25) is 0 Å². The van der Waals surface area contributed by atoms with Crippen LogP contribution in [-0.2, 0) is 0 Å². The summed E-state index contributed by atoms with van der Waals surface area (Å²) >= 11 is 14.3. The molecule has 22 heteroatoms. The van der Waals surface area contributed by atoms with Crippen LogP contribution in [0.25, 0.3) is 0 Å².